The molecule has 1 saturated heterocycles. The smallest absolute Gasteiger partial charge is 0.333 e. The van der Waals surface area contributed by atoms with Crippen LogP contribution < -0.4 is 5.32 Å². The number of carbonyl (C=O) groups excluding carboxylic acids is 1. The van der Waals surface area contributed by atoms with Gasteiger partial charge in [0.1, 0.15) is 0 Å². The lowest BCUT2D eigenvalue weighted by atomic mass is 10.2. The Balaban J connectivity index is 1.94. The summed E-state index contributed by atoms with van der Waals surface area (Å²) in [7, 11) is 0. The summed E-state index contributed by atoms with van der Waals surface area (Å²) in [6.07, 6.45) is -5.23. The Hall–Kier alpha value is -1.72. The van der Waals surface area contributed by atoms with Gasteiger partial charge >= 0.3 is 12.2 Å². The van der Waals surface area contributed by atoms with Crippen molar-refractivity contribution in [3.63, 3.8) is 0 Å². The average molecular weight is 258 g/mol. The van der Waals surface area contributed by atoms with E-state index < -0.39 is 24.7 Å². The van der Waals surface area contributed by atoms with E-state index in [0.29, 0.717) is 6.54 Å². The number of hydrogen-bond acceptors (Lipinski definition) is 1. The summed E-state index contributed by atoms with van der Waals surface area (Å²) < 4.78 is 36.7. The number of nitrogens with one attached hydrogen (secondary N) is 1. The van der Waals surface area contributed by atoms with Crippen molar-refractivity contribution in [3.05, 3.63) is 35.9 Å². The Bertz CT molecular complexity index is 419. The zero-order valence-electron chi connectivity index (χ0n) is 9.57. The highest BCUT2D eigenvalue weighted by atomic mass is 19.4. The molecule has 1 atom stereocenters. The van der Waals surface area contributed by atoms with E-state index in [2.05, 4.69) is 5.32 Å². The van der Waals surface area contributed by atoms with Crippen LogP contribution in [0.2, 0.25) is 0 Å². The van der Waals surface area contributed by atoms with Crippen molar-refractivity contribution in [2.75, 3.05) is 6.54 Å². The molecule has 2 amide bonds. The quantitative estimate of drug-likeness (QED) is 0.887. The number of halogens is 3. The van der Waals surface area contributed by atoms with Gasteiger partial charge in [0.2, 0.25) is 0 Å². The molecule has 0 spiro atoms. The number of alkyl halides is 3. The fourth-order valence-electron chi connectivity index (χ4n) is 2.00. The predicted octanol–water partition coefficient (Wildman–Crippen LogP) is 2.53. The molecular weight excluding hydrogens is 245 g/mol. The third-order valence-corrected chi connectivity index (χ3v) is 2.75. The lowest BCUT2D eigenvalue weighted by Crippen LogP contribution is -2.31. The minimum atomic E-state index is -4.25. The van der Waals surface area contributed by atoms with Gasteiger partial charge in [-0.1, -0.05) is 30.3 Å². The van der Waals surface area contributed by atoms with Crippen molar-refractivity contribution in [1.82, 2.24) is 10.2 Å². The first-order chi connectivity index (χ1) is 8.44. The summed E-state index contributed by atoms with van der Waals surface area (Å²) in [5.74, 6) is 0. The summed E-state index contributed by atoms with van der Waals surface area (Å²) in [6, 6.07) is 7.90. The van der Waals surface area contributed by atoms with Crippen molar-refractivity contribution >= 4 is 6.03 Å². The van der Waals surface area contributed by atoms with E-state index >= 15 is 0 Å². The standard InChI is InChI=1S/C12H13F3N2O/c13-12(14,15)6-10-8-17(11(18)16-10)7-9-4-2-1-3-5-9/h1-5,10H,6-8H2,(H,16,18). The Morgan fingerprint density at radius 3 is 2.56 bits per heavy atom. The van der Waals surface area contributed by atoms with E-state index in [-0.39, 0.29) is 6.54 Å². The zero-order chi connectivity index (χ0) is 13.2. The van der Waals surface area contributed by atoms with Gasteiger partial charge in [-0.25, -0.2) is 4.79 Å². The lowest BCUT2D eigenvalue weighted by Gasteiger charge is -2.15. The molecule has 1 aromatic carbocycles. The summed E-state index contributed by atoms with van der Waals surface area (Å²) in [5.41, 5.74) is 0.903. The van der Waals surface area contributed by atoms with Crippen molar-refractivity contribution in [2.45, 2.75) is 25.2 Å². The van der Waals surface area contributed by atoms with Crippen LogP contribution in [0.4, 0.5) is 18.0 Å². The van der Waals surface area contributed by atoms with Crippen LogP contribution in [-0.4, -0.2) is 29.7 Å². The molecule has 1 N–H and O–H groups in total. The van der Waals surface area contributed by atoms with Crippen molar-refractivity contribution < 1.29 is 18.0 Å². The highest BCUT2D eigenvalue weighted by Crippen LogP contribution is 2.24. The molecule has 6 heteroatoms. The third-order valence-electron chi connectivity index (χ3n) is 2.75. The molecule has 0 saturated carbocycles. The van der Waals surface area contributed by atoms with E-state index in [1.165, 1.54) is 4.90 Å². The Morgan fingerprint density at radius 1 is 1.28 bits per heavy atom. The van der Waals surface area contributed by atoms with Gasteiger partial charge in [-0.15, -0.1) is 0 Å². The number of benzene rings is 1. The molecule has 18 heavy (non-hydrogen) atoms. The van der Waals surface area contributed by atoms with Gasteiger partial charge in [0.05, 0.1) is 12.5 Å². The highest BCUT2D eigenvalue weighted by Gasteiger charge is 2.37. The third kappa shape index (κ3) is 3.38. The lowest BCUT2D eigenvalue weighted by molar-refractivity contribution is -0.138. The van der Waals surface area contributed by atoms with E-state index in [1.807, 2.05) is 30.3 Å². The highest BCUT2D eigenvalue weighted by molar-refractivity contribution is 5.76. The molecule has 1 aliphatic rings. The molecule has 1 aliphatic heterocycles. The predicted molar refractivity (Wildman–Crippen MR) is 59.8 cm³/mol. The SMILES string of the molecule is O=C1NC(CC(F)(F)F)CN1Cc1ccccc1. The van der Waals surface area contributed by atoms with Gasteiger partial charge in [-0.05, 0) is 5.56 Å². The molecule has 3 nitrogen and oxygen atoms in total. The normalized spacial score (nSPS) is 20.1. The van der Waals surface area contributed by atoms with Crippen LogP contribution in [0.25, 0.3) is 0 Å². The maximum absolute atomic E-state index is 12.2. The van der Waals surface area contributed by atoms with Crippen LogP contribution in [0.5, 0.6) is 0 Å². The molecule has 0 bridgehead atoms. The molecule has 1 fully saturated rings. The molecule has 2 rings (SSSR count). The maximum atomic E-state index is 12.2. The van der Waals surface area contributed by atoms with Gasteiger partial charge in [0, 0.05) is 13.1 Å². The second-order valence-corrected chi connectivity index (χ2v) is 4.33. The summed E-state index contributed by atoms with van der Waals surface area (Å²) in [4.78, 5) is 12.9. The molecular formula is C12H13F3N2O. The number of amides is 2. The first-order valence-electron chi connectivity index (χ1n) is 5.60. The molecule has 0 aliphatic carbocycles. The summed E-state index contributed by atoms with van der Waals surface area (Å²) >= 11 is 0. The summed E-state index contributed by atoms with van der Waals surface area (Å²) in [6.45, 7) is 0.425. The first-order valence-corrected chi connectivity index (χ1v) is 5.60. The van der Waals surface area contributed by atoms with Gasteiger partial charge in [-0.2, -0.15) is 13.2 Å². The van der Waals surface area contributed by atoms with Crippen LogP contribution in [0, 0.1) is 0 Å². The minimum absolute atomic E-state index is 0.0905. The largest absolute Gasteiger partial charge is 0.391 e. The number of urea groups is 1. The van der Waals surface area contributed by atoms with Crippen molar-refractivity contribution in [3.8, 4) is 0 Å². The second-order valence-electron chi connectivity index (χ2n) is 4.33. The van der Waals surface area contributed by atoms with E-state index in [0.717, 1.165) is 5.56 Å². The molecule has 1 unspecified atom stereocenters. The van der Waals surface area contributed by atoms with Crippen molar-refractivity contribution in [1.29, 1.82) is 0 Å². The van der Waals surface area contributed by atoms with Gasteiger partial charge in [0.25, 0.3) is 0 Å². The van der Waals surface area contributed by atoms with Crippen LogP contribution in [0.1, 0.15) is 12.0 Å². The van der Waals surface area contributed by atoms with E-state index in [1.54, 1.807) is 0 Å². The number of hydrogen-bond donors (Lipinski definition) is 1. The molecule has 1 aromatic rings. The zero-order valence-corrected chi connectivity index (χ0v) is 9.57. The Morgan fingerprint density at radius 2 is 1.94 bits per heavy atom. The van der Waals surface area contributed by atoms with Crippen molar-refractivity contribution in [2.24, 2.45) is 0 Å². The molecule has 0 radical (unpaired) electrons. The first kappa shape index (κ1) is 12.7. The second kappa shape index (κ2) is 4.88. The Kier molecular flexibility index (Phi) is 3.45. The number of nitrogens with zero attached hydrogens (tertiary/aromatic N) is 1. The molecule has 0 aromatic heterocycles. The topological polar surface area (TPSA) is 32.3 Å². The van der Waals surface area contributed by atoms with Crippen LogP contribution in [0.15, 0.2) is 30.3 Å². The Labute approximate surface area is 103 Å². The average Bonchev–Trinajstić information content (AvgIpc) is 2.58. The van der Waals surface area contributed by atoms with Gasteiger partial charge < -0.3 is 10.2 Å². The van der Waals surface area contributed by atoms with Crippen LogP contribution >= 0.6 is 0 Å². The number of carbonyl (C=O) groups is 1. The molecule has 98 valence electrons. The van der Waals surface area contributed by atoms with Gasteiger partial charge in [0.15, 0.2) is 0 Å². The van der Waals surface area contributed by atoms with Crippen LogP contribution in [-0.2, 0) is 6.54 Å². The fraction of sp³-hybridized carbons (Fsp3) is 0.417. The monoisotopic (exact) mass is 258 g/mol. The van der Waals surface area contributed by atoms with Gasteiger partial charge in [-0.3, -0.25) is 0 Å². The van der Waals surface area contributed by atoms with Crippen LogP contribution in [0.3, 0.4) is 0 Å². The van der Waals surface area contributed by atoms with E-state index in [9.17, 15) is 18.0 Å². The maximum Gasteiger partial charge on any atom is 0.391 e. The summed E-state index contributed by atoms with van der Waals surface area (Å²) in [5, 5.41) is 2.35. The fourth-order valence-corrected chi connectivity index (χ4v) is 2.00. The minimum Gasteiger partial charge on any atom is -0.333 e. The number of rotatable bonds is 3. The molecule has 1 heterocycles. The van der Waals surface area contributed by atoms with E-state index in [4.69, 9.17) is 0 Å².